The Morgan fingerprint density at radius 2 is 1.96 bits per heavy atom. The molecule has 2 aromatic rings. The van der Waals surface area contributed by atoms with Crippen molar-refractivity contribution in [3.63, 3.8) is 0 Å². The number of benzene rings is 2. The van der Waals surface area contributed by atoms with E-state index >= 15 is 0 Å². The molecule has 0 aromatic heterocycles. The Morgan fingerprint density at radius 3 is 2.62 bits per heavy atom. The van der Waals surface area contributed by atoms with Crippen LogP contribution in [0.15, 0.2) is 47.6 Å². The molecular formula is C19H21ClN2O4. The van der Waals surface area contributed by atoms with E-state index in [4.69, 9.17) is 25.8 Å². The van der Waals surface area contributed by atoms with E-state index in [0.29, 0.717) is 28.9 Å². The molecule has 1 atom stereocenters. The van der Waals surface area contributed by atoms with Crippen LogP contribution in [0.25, 0.3) is 0 Å². The van der Waals surface area contributed by atoms with Crippen LogP contribution in [0.4, 0.5) is 0 Å². The van der Waals surface area contributed by atoms with Crippen LogP contribution in [0.2, 0.25) is 5.02 Å². The Bertz CT molecular complexity index is 763. The number of nitrogens with one attached hydrogen (secondary N) is 1. The summed E-state index contributed by atoms with van der Waals surface area (Å²) < 4.78 is 16.3. The Balaban J connectivity index is 1.92. The molecule has 0 saturated carbocycles. The third-order valence-corrected chi connectivity index (χ3v) is 3.62. The van der Waals surface area contributed by atoms with Crippen molar-refractivity contribution in [2.24, 2.45) is 5.10 Å². The molecule has 0 saturated heterocycles. The van der Waals surface area contributed by atoms with Gasteiger partial charge >= 0.3 is 0 Å². The van der Waals surface area contributed by atoms with Gasteiger partial charge in [0.25, 0.3) is 5.91 Å². The van der Waals surface area contributed by atoms with Crippen molar-refractivity contribution in [2.45, 2.75) is 20.0 Å². The van der Waals surface area contributed by atoms with Crippen molar-refractivity contribution in [2.75, 3.05) is 13.7 Å². The number of hydrogen-bond donors (Lipinski definition) is 1. The molecule has 1 amide bonds. The molecule has 7 heteroatoms. The molecule has 0 aliphatic carbocycles. The van der Waals surface area contributed by atoms with E-state index in [0.717, 1.165) is 5.56 Å². The first-order valence-electron chi connectivity index (χ1n) is 8.09. The maximum atomic E-state index is 12.0. The highest BCUT2D eigenvalue weighted by molar-refractivity contribution is 6.30. The minimum atomic E-state index is -0.705. The van der Waals surface area contributed by atoms with Gasteiger partial charge in [-0.15, -0.1) is 0 Å². The van der Waals surface area contributed by atoms with Crippen LogP contribution in [0, 0.1) is 0 Å². The quantitative estimate of drug-likeness (QED) is 0.563. The largest absolute Gasteiger partial charge is 0.493 e. The molecule has 2 rings (SSSR count). The highest BCUT2D eigenvalue weighted by Gasteiger charge is 2.13. The van der Waals surface area contributed by atoms with Crippen LogP contribution < -0.4 is 19.6 Å². The van der Waals surface area contributed by atoms with Crippen molar-refractivity contribution < 1.29 is 19.0 Å². The lowest BCUT2D eigenvalue weighted by atomic mass is 10.2. The van der Waals surface area contributed by atoms with E-state index in [2.05, 4.69) is 10.5 Å². The number of hydrazone groups is 1. The SMILES string of the molecule is CCOc1ccc(C=NNC(=O)[C@H](C)Oc2ccc(Cl)cc2)cc1OC. The molecule has 0 aliphatic heterocycles. The molecule has 0 radical (unpaired) electrons. The average molecular weight is 377 g/mol. The van der Waals surface area contributed by atoms with Gasteiger partial charge in [-0.1, -0.05) is 11.6 Å². The number of nitrogens with zero attached hydrogens (tertiary/aromatic N) is 1. The predicted octanol–water partition coefficient (Wildman–Crippen LogP) is 3.66. The van der Waals surface area contributed by atoms with Gasteiger partial charge in [-0.25, -0.2) is 5.43 Å². The fraction of sp³-hybridized carbons (Fsp3) is 0.263. The van der Waals surface area contributed by atoms with Crippen molar-refractivity contribution in [1.82, 2.24) is 5.43 Å². The van der Waals surface area contributed by atoms with Crippen LogP contribution >= 0.6 is 11.6 Å². The molecule has 0 unspecified atom stereocenters. The molecule has 0 aliphatic rings. The van der Waals surface area contributed by atoms with Crippen LogP contribution in [0.5, 0.6) is 17.2 Å². The average Bonchev–Trinajstić information content (AvgIpc) is 2.64. The van der Waals surface area contributed by atoms with Crippen molar-refractivity contribution in [3.8, 4) is 17.2 Å². The second kappa shape index (κ2) is 9.68. The molecule has 1 N–H and O–H groups in total. The zero-order valence-electron chi connectivity index (χ0n) is 14.9. The van der Waals surface area contributed by atoms with Crippen LogP contribution in [0.1, 0.15) is 19.4 Å². The molecule has 26 heavy (non-hydrogen) atoms. The van der Waals surface area contributed by atoms with E-state index in [1.165, 1.54) is 6.21 Å². The highest BCUT2D eigenvalue weighted by atomic mass is 35.5. The fourth-order valence-electron chi connectivity index (χ4n) is 2.07. The lowest BCUT2D eigenvalue weighted by molar-refractivity contribution is -0.127. The number of amides is 1. The third kappa shape index (κ3) is 5.67. The summed E-state index contributed by atoms with van der Waals surface area (Å²) in [6.45, 7) is 4.09. The van der Waals surface area contributed by atoms with E-state index in [1.54, 1.807) is 50.4 Å². The van der Waals surface area contributed by atoms with E-state index in [1.807, 2.05) is 13.0 Å². The zero-order valence-corrected chi connectivity index (χ0v) is 15.6. The first-order chi connectivity index (χ1) is 12.5. The van der Waals surface area contributed by atoms with Gasteiger partial charge in [0.05, 0.1) is 19.9 Å². The summed E-state index contributed by atoms with van der Waals surface area (Å²) in [5, 5.41) is 4.55. The third-order valence-electron chi connectivity index (χ3n) is 3.37. The second-order valence-electron chi connectivity index (χ2n) is 5.29. The van der Waals surface area contributed by atoms with E-state index in [-0.39, 0.29) is 5.91 Å². The van der Waals surface area contributed by atoms with Crippen molar-refractivity contribution >= 4 is 23.7 Å². The summed E-state index contributed by atoms with van der Waals surface area (Å²) in [6.07, 6.45) is 0.814. The monoisotopic (exact) mass is 376 g/mol. The number of rotatable bonds is 8. The lowest BCUT2D eigenvalue weighted by Gasteiger charge is -2.13. The second-order valence-corrected chi connectivity index (χ2v) is 5.73. The van der Waals surface area contributed by atoms with Gasteiger partial charge in [-0.2, -0.15) is 5.10 Å². The van der Waals surface area contributed by atoms with Gasteiger partial charge in [-0.3, -0.25) is 4.79 Å². The molecule has 6 nitrogen and oxygen atoms in total. The van der Waals surface area contributed by atoms with Crippen LogP contribution in [-0.4, -0.2) is 31.9 Å². The van der Waals surface area contributed by atoms with Crippen molar-refractivity contribution in [1.29, 1.82) is 0 Å². The topological polar surface area (TPSA) is 69.2 Å². The number of methoxy groups -OCH3 is 1. The number of carbonyl (C=O) groups is 1. The summed E-state index contributed by atoms with van der Waals surface area (Å²) >= 11 is 5.82. The highest BCUT2D eigenvalue weighted by Crippen LogP contribution is 2.27. The number of halogens is 1. The Kier molecular flexibility index (Phi) is 7.29. The molecule has 0 fully saturated rings. The lowest BCUT2D eigenvalue weighted by Crippen LogP contribution is -2.33. The maximum Gasteiger partial charge on any atom is 0.280 e. The Hall–Kier alpha value is -2.73. The van der Waals surface area contributed by atoms with Gasteiger partial charge in [-0.05, 0) is 61.9 Å². The Morgan fingerprint density at radius 1 is 1.23 bits per heavy atom. The minimum absolute atomic E-state index is 0.367. The Labute approximate surface area is 157 Å². The van der Waals surface area contributed by atoms with Gasteiger partial charge in [0.1, 0.15) is 5.75 Å². The summed E-state index contributed by atoms with van der Waals surface area (Å²) in [4.78, 5) is 12.0. The first-order valence-corrected chi connectivity index (χ1v) is 8.47. The molecule has 2 aromatic carbocycles. The van der Waals surface area contributed by atoms with Gasteiger partial charge < -0.3 is 14.2 Å². The number of ether oxygens (including phenoxy) is 3. The number of hydrogen-bond acceptors (Lipinski definition) is 5. The van der Waals surface area contributed by atoms with Gasteiger partial charge in [0.2, 0.25) is 0 Å². The summed E-state index contributed by atoms with van der Waals surface area (Å²) in [5.41, 5.74) is 3.21. The summed E-state index contributed by atoms with van der Waals surface area (Å²) in [6, 6.07) is 12.2. The zero-order chi connectivity index (χ0) is 18.9. The van der Waals surface area contributed by atoms with Gasteiger partial charge in [0, 0.05) is 5.02 Å². The number of carbonyl (C=O) groups excluding carboxylic acids is 1. The first kappa shape index (κ1) is 19.6. The van der Waals surface area contributed by atoms with Gasteiger partial charge in [0.15, 0.2) is 17.6 Å². The standard InChI is InChI=1S/C19H21ClN2O4/c1-4-25-17-10-5-14(11-18(17)24-3)12-21-22-19(23)13(2)26-16-8-6-15(20)7-9-16/h5-13H,4H2,1-3H3,(H,22,23)/t13-/m0/s1. The predicted molar refractivity (Wildman–Crippen MR) is 101 cm³/mol. The van der Waals surface area contributed by atoms with E-state index < -0.39 is 6.10 Å². The molecule has 138 valence electrons. The fourth-order valence-corrected chi connectivity index (χ4v) is 2.20. The summed E-state index contributed by atoms with van der Waals surface area (Å²) in [7, 11) is 1.57. The molecule has 0 bridgehead atoms. The minimum Gasteiger partial charge on any atom is -0.493 e. The molecule has 0 heterocycles. The smallest absolute Gasteiger partial charge is 0.280 e. The normalized spacial score (nSPS) is 11.8. The van der Waals surface area contributed by atoms with E-state index in [9.17, 15) is 4.79 Å². The molecule has 0 spiro atoms. The molecular weight excluding hydrogens is 356 g/mol. The summed E-state index contributed by atoms with van der Waals surface area (Å²) in [5.74, 6) is 1.44. The van der Waals surface area contributed by atoms with Crippen LogP contribution in [0.3, 0.4) is 0 Å². The van der Waals surface area contributed by atoms with Crippen LogP contribution in [-0.2, 0) is 4.79 Å². The van der Waals surface area contributed by atoms with Crippen molar-refractivity contribution in [3.05, 3.63) is 53.1 Å². The maximum absolute atomic E-state index is 12.0.